The molecule has 35 heavy (non-hydrogen) atoms. The molecule has 0 fully saturated rings. The van der Waals surface area contributed by atoms with Gasteiger partial charge in [0.2, 0.25) is 0 Å². The lowest BCUT2D eigenvalue weighted by Gasteiger charge is -2.07. The Balaban J connectivity index is 1.95. The van der Waals surface area contributed by atoms with E-state index in [-0.39, 0.29) is 17.3 Å². The standard InChI is InChI=1S/C25H26N4O6/c1-4-5-17(12-21(16-30)34-2)14-26-28-24(32)19-7-9-20(10-8-19)25(33)29-27-15-18-6-11-22(31)23(13-18)35-3/h4-16,26,31H,1-3H3,(H,28,32)(H,29,33)/b5-4+,17-14-,21-12-,27-15+. The number of nitrogens with one attached hydrogen (secondary N) is 3. The minimum Gasteiger partial charge on any atom is -0.504 e. The van der Waals surface area contributed by atoms with E-state index in [1.165, 1.54) is 63.0 Å². The Kier molecular flexibility index (Phi) is 10.3. The van der Waals surface area contributed by atoms with Gasteiger partial charge in [0.05, 0.1) is 20.4 Å². The first-order chi connectivity index (χ1) is 16.9. The molecule has 2 amide bonds. The molecule has 2 aromatic carbocycles. The van der Waals surface area contributed by atoms with Gasteiger partial charge in [0.15, 0.2) is 23.5 Å². The number of hydrogen-bond acceptors (Lipinski definition) is 8. The fraction of sp³-hybridized carbons (Fsp3) is 0.120. The van der Waals surface area contributed by atoms with Crippen molar-refractivity contribution >= 4 is 24.3 Å². The molecule has 10 nitrogen and oxygen atoms in total. The van der Waals surface area contributed by atoms with E-state index in [4.69, 9.17) is 9.47 Å². The topological polar surface area (TPSA) is 138 Å². The lowest BCUT2D eigenvalue weighted by atomic mass is 10.1. The second kappa shape index (κ2) is 13.6. The molecule has 0 aliphatic heterocycles. The van der Waals surface area contributed by atoms with E-state index >= 15 is 0 Å². The van der Waals surface area contributed by atoms with Crippen LogP contribution in [0.2, 0.25) is 0 Å². The van der Waals surface area contributed by atoms with Gasteiger partial charge in [0.1, 0.15) is 0 Å². The van der Waals surface area contributed by atoms with Crippen molar-refractivity contribution in [2.75, 3.05) is 14.2 Å². The summed E-state index contributed by atoms with van der Waals surface area (Å²) in [6.45, 7) is 1.81. The van der Waals surface area contributed by atoms with Gasteiger partial charge < -0.3 is 20.0 Å². The summed E-state index contributed by atoms with van der Waals surface area (Å²) in [5.74, 6) is -0.486. The molecule has 0 aliphatic rings. The predicted molar refractivity (Wildman–Crippen MR) is 131 cm³/mol. The van der Waals surface area contributed by atoms with Gasteiger partial charge in [-0.05, 0) is 66.6 Å². The number of aldehydes is 1. The van der Waals surface area contributed by atoms with Crippen molar-refractivity contribution in [2.24, 2.45) is 5.10 Å². The quantitative estimate of drug-likeness (QED) is 0.0972. The number of aromatic hydroxyl groups is 1. The number of rotatable bonds is 11. The molecule has 0 aromatic heterocycles. The van der Waals surface area contributed by atoms with E-state index in [1.807, 2.05) is 0 Å². The summed E-state index contributed by atoms with van der Waals surface area (Å²) in [6.07, 6.45) is 8.45. The first-order valence-electron chi connectivity index (χ1n) is 10.3. The molecule has 0 aliphatic carbocycles. The molecule has 2 rings (SSSR count). The zero-order valence-corrected chi connectivity index (χ0v) is 19.4. The number of phenols is 1. The Morgan fingerprint density at radius 2 is 1.71 bits per heavy atom. The summed E-state index contributed by atoms with van der Waals surface area (Å²) in [6, 6.07) is 10.6. The molecule has 0 heterocycles. The first kappa shape index (κ1) is 26.4. The van der Waals surface area contributed by atoms with Gasteiger partial charge in [-0.15, -0.1) is 0 Å². The average Bonchev–Trinajstić information content (AvgIpc) is 2.88. The van der Waals surface area contributed by atoms with Gasteiger partial charge >= 0.3 is 0 Å². The number of carbonyl (C=O) groups excluding carboxylic acids is 3. The largest absolute Gasteiger partial charge is 0.504 e. The minimum atomic E-state index is -0.466. The molecule has 0 atom stereocenters. The zero-order chi connectivity index (χ0) is 25.6. The van der Waals surface area contributed by atoms with E-state index in [0.717, 1.165) is 0 Å². The molecule has 0 saturated heterocycles. The van der Waals surface area contributed by atoms with E-state index in [2.05, 4.69) is 21.4 Å². The van der Waals surface area contributed by atoms with Crippen molar-refractivity contribution in [3.05, 3.63) is 94.9 Å². The van der Waals surface area contributed by atoms with Gasteiger partial charge in [0, 0.05) is 17.3 Å². The van der Waals surface area contributed by atoms with Crippen molar-refractivity contribution in [3.8, 4) is 11.5 Å². The lowest BCUT2D eigenvalue weighted by molar-refractivity contribution is -0.107. The number of nitrogens with zero attached hydrogens (tertiary/aromatic N) is 1. The normalized spacial score (nSPS) is 11.9. The number of carbonyl (C=O) groups is 3. The van der Waals surface area contributed by atoms with Crippen molar-refractivity contribution in [1.29, 1.82) is 0 Å². The van der Waals surface area contributed by atoms with Crippen LogP contribution in [0.15, 0.2) is 83.3 Å². The highest BCUT2D eigenvalue weighted by Gasteiger charge is 2.08. The molecule has 0 unspecified atom stereocenters. The summed E-state index contributed by atoms with van der Waals surface area (Å²) >= 11 is 0. The number of hydrogen-bond donors (Lipinski definition) is 4. The van der Waals surface area contributed by atoms with Crippen LogP contribution in [0.1, 0.15) is 33.2 Å². The van der Waals surface area contributed by atoms with Crippen LogP contribution in [0.25, 0.3) is 0 Å². The third-order valence-corrected chi connectivity index (χ3v) is 4.44. The molecular formula is C25H26N4O6. The summed E-state index contributed by atoms with van der Waals surface area (Å²) < 4.78 is 9.93. The second-order valence-corrected chi connectivity index (χ2v) is 6.82. The highest BCUT2D eigenvalue weighted by atomic mass is 16.5. The molecule has 0 spiro atoms. The molecule has 10 heteroatoms. The van der Waals surface area contributed by atoms with Crippen LogP contribution >= 0.6 is 0 Å². The summed E-state index contributed by atoms with van der Waals surface area (Å²) in [5.41, 5.74) is 9.38. The number of methoxy groups -OCH3 is 2. The highest BCUT2D eigenvalue weighted by molar-refractivity contribution is 5.98. The lowest BCUT2D eigenvalue weighted by Crippen LogP contribution is -2.33. The van der Waals surface area contributed by atoms with Crippen LogP contribution in [0.5, 0.6) is 11.5 Å². The summed E-state index contributed by atoms with van der Waals surface area (Å²) in [5, 5.41) is 13.5. The number of ether oxygens (including phenoxy) is 2. The minimum absolute atomic E-state index is 0.00256. The van der Waals surface area contributed by atoms with Gasteiger partial charge in [-0.25, -0.2) is 5.43 Å². The maximum Gasteiger partial charge on any atom is 0.271 e. The molecule has 2 aromatic rings. The van der Waals surface area contributed by atoms with Gasteiger partial charge in [-0.3, -0.25) is 19.8 Å². The van der Waals surface area contributed by atoms with Crippen molar-refractivity contribution in [1.82, 2.24) is 16.3 Å². The van der Waals surface area contributed by atoms with E-state index in [9.17, 15) is 19.5 Å². The molecule has 182 valence electrons. The van der Waals surface area contributed by atoms with Gasteiger partial charge in [-0.2, -0.15) is 5.10 Å². The summed E-state index contributed by atoms with van der Waals surface area (Å²) in [4.78, 5) is 35.5. The van der Waals surface area contributed by atoms with Crippen molar-refractivity contribution < 1.29 is 29.0 Å². The first-order valence-corrected chi connectivity index (χ1v) is 10.3. The predicted octanol–water partition coefficient (Wildman–Crippen LogP) is 2.59. The number of benzene rings is 2. The van der Waals surface area contributed by atoms with Crippen LogP contribution in [-0.2, 0) is 9.53 Å². The summed E-state index contributed by atoms with van der Waals surface area (Å²) in [7, 11) is 2.81. The number of phenolic OH excluding ortho intramolecular Hbond substituents is 1. The zero-order valence-electron chi connectivity index (χ0n) is 19.4. The Morgan fingerprint density at radius 1 is 1.03 bits per heavy atom. The average molecular weight is 479 g/mol. The van der Waals surface area contributed by atoms with Crippen LogP contribution < -0.4 is 21.0 Å². The highest BCUT2D eigenvalue weighted by Crippen LogP contribution is 2.25. The fourth-order valence-corrected chi connectivity index (χ4v) is 2.67. The molecule has 0 radical (unpaired) electrons. The maximum absolute atomic E-state index is 12.3. The third-order valence-electron chi connectivity index (χ3n) is 4.44. The van der Waals surface area contributed by atoms with E-state index in [0.29, 0.717) is 28.5 Å². The monoisotopic (exact) mass is 478 g/mol. The number of hydrazine groups is 1. The number of allylic oxidation sites excluding steroid dienone is 5. The van der Waals surface area contributed by atoms with Gasteiger partial charge in [-0.1, -0.05) is 12.2 Å². The number of amides is 2. The maximum atomic E-state index is 12.3. The SMILES string of the molecule is C/C=C/C(=C/NNC(=O)c1ccc(C(=O)N/N=C/c2ccc(O)c(OC)c2)cc1)/C=C(/C=O)OC. The van der Waals surface area contributed by atoms with E-state index in [1.54, 1.807) is 31.2 Å². The third kappa shape index (κ3) is 8.21. The Hall–Kier alpha value is -4.86. The van der Waals surface area contributed by atoms with Crippen LogP contribution in [0.3, 0.4) is 0 Å². The van der Waals surface area contributed by atoms with Crippen molar-refractivity contribution in [2.45, 2.75) is 6.92 Å². The Bertz CT molecular complexity index is 1170. The van der Waals surface area contributed by atoms with Crippen LogP contribution in [0.4, 0.5) is 0 Å². The molecular weight excluding hydrogens is 452 g/mol. The Labute approximate surface area is 202 Å². The molecule has 0 bridgehead atoms. The fourth-order valence-electron chi connectivity index (χ4n) is 2.67. The van der Waals surface area contributed by atoms with Gasteiger partial charge in [0.25, 0.3) is 11.8 Å². The van der Waals surface area contributed by atoms with Crippen LogP contribution in [0, 0.1) is 0 Å². The molecule has 4 N–H and O–H groups in total. The smallest absolute Gasteiger partial charge is 0.271 e. The van der Waals surface area contributed by atoms with E-state index < -0.39 is 11.8 Å². The molecule has 0 saturated carbocycles. The van der Waals surface area contributed by atoms with Crippen LogP contribution in [-0.4, -0.2) is 43.6 Å². The second-order valence-electron chi connectivity index (χ2n) is 6.82. The number of hydrazone groups is 1. The van der Waals surface area contributed by atoms with Crippen molar-refractivity contribution in [3.63, 3.8) is 0 Å². The Morgan fingerprint density at radius 3 is 2.31 bits per heavy atom.